The third-order valence-corrected chi connectivity index (χ3v) is 4.17. The Morgan fingerprint density at radius 1 is 1.15 bits per heavy atom. The van der Waals surface area contributed by atoms with Crippen LogP contribution in [-0.2, 0) is 11.3 Å². The number of ether oxygens (including phenoxy) is 1. The molecule has 1 heterocycles. The minimum atomic E-state index is -0.115. The zero-order valence-corrected chi connectivity index (χ0v) is 15.5. The van der Waals surface area contributed by atoms with Crippen molar-refractivity contribution in [1.82, 2.24) is 9.88 Å². The van der Waals surface area contributed by atoms with E-state index < -0.39 is 0 Å². The summed E-state index contributed by atoms with van der Waals surface area (Å²) in [5.41, 5.74) is 1.64. The van der Waals surface area contributed by atoms with Gasteiger partial charge in [-0.3, -0.25) is 9.69 Å². The van der Waals surface area contributed by atoms with Crippen LogP contribution in [0.3, 0.4) is 0 Å². The van der Waals surface area contributed by atoms with Gasteiger partial charge in [0.25, 0.3) is 0 Å². The summed E-state index contributed by atoms with van der Waals surface area (Å²) in [5.74, 6) is 1.83. The predicted octanol–water partition coefficient (Wildman–Crippen LogP) is 3.81. The van der Waals surface area contributed by atoms with E-state index in [1.54, 1.807) is 13.3 Å². The molecule has 0 spiro atoms. The summed E-state index contributed by atoms with van der Waals surface area (Å²) < 4.78 is 11.1. The molecule has 0 unspecified atom stereocenters. The zero-order chi connectivity index (χ0) is 19.1. The van der Waals surface area contributed by atoms with E-state index in [9.17, 15) is 4.79 Å². The van der Waals surface area contributed by atoms with Crippen molar-refractivity contribution in [3.8, 4) is 17.1 Å². The number of nitrogens with zero attached hydrogens (tertiary/aromatic N) is 2. The van der Waals surface area contributed by atoms with E-state index in [0.29, 0.717) is 30.4 Å². The van der Waals surface area contributed by atoms with Crippen molar-refractivity contribution in [3.05, 3.63) is 66.7 Å². The number of hydrogen-bond acceptors (Lipinski definition) is 5. The van der Waals surface area contributed by atoms with Crippen molar-refractivity contribution < 1.29 is 13.9 Å². The van der Waals surface area contributed by atoms with Gasteiger partial charge in [0, 0.05) is 5.56 Å². The molecule has 0 aliphatic rings. The highest BCUT2D eigenvalue weighted by molar-refractivity contribution is 5.93. The number of rotatable bonds is 8. The molecular weight excluding hydrogens is 342 g/mol. The van der Waals surface area contributed by atoms with Gasteiger partial charge in [-0.05, 0) is 18.7 Å². The Kier molecular flexibility index (Phi) is 6.22. The second kappa shape index (κ2) is 9.00. The number of benzene rings is 2. The van der Waals surface area contributed by atoms with Gasteiger partial charge < -0.3 is 14.5 Å². The quantitative estimate of drug-likeness (QED) is 0.657. The third-order valence-electron chi connectivity index (χ3n) is 4.17. The summed E-state index contributed by atoms with van der Waals surface area (Å²) in [6.07, 6.45) is 1.72. The lowest BCUT2D eigenvalue weighted by Gasteiger charge is -2.18. The minimum absolute atomic E-state index is 0.115. The van der Waals surface area contributed by atoms with Gasteiger partial charge in [-0.2, -0.15) is 0 Å². The molecule has 0 saturated carbocycles. The van der Waals surface area contributed by atoms with Crippen LogP contribution in [0.15, 0.2) is 65.2 Å². The first-order valence-corrected chi connectivity index (χ1v) is 8.85. The molecule has 2 aromatic carbocycles. The third kappa shape index (κ3) is 4.95. The summed E-state index contributed by atoms with van der Waals surface area (Å²) in [6, 6.07) is 17.2. The summed E-state index contributed by atoms with van der Waals surface area (Å²) in [5, 5.41) is 2.89. The Morgan fingerprint density at radius 3 is 2.63 bits per heavy atom. The molecule has 0 saturated heterocycles. The number of amides is 1. The van der Waals surface area contributed by atoms with Crippen LogP contribution in [0.1, 0.15) is 12.8 Å². The number of carbonyl (C=O) groups excluding carboxylic acids is 1. The first kappa shape index (κ1) is 18.7. The Morgan fingerprint density at radius 2 is 1.89 bits per heavy atom. The first-order chi connectivity index (χ1) is 13.2. The molecule has 0 aliphatic heterocycles. The van der Waals surface area contributed by atoms with E-state index in [4.69, 9.17) is 9.15 Å². The lowest BCUT2D eigenvalue weighted by Crippen LogP contribution is -2.32. The Balaban J connectivity index is 1.61. The molecule has 0 radical (unpaired) electrons. The lowest BCUT2D eigenvalue weighted by atomic mass is 10.2. The van der Waals surface area contributed by atoms with Crippen molar-refractivity contribution in [3.63, 3.8) is 0 Å². The maximum atomic E-state index is 12.4. The summed E-state index contributed by atoms with van der Waals surface area (Å²) in [4.78, 5) is 18.7. The number of aromatic nitrogens is 1. The molecule has 3 aromatic rings. The fourth-order valence-electron chi connectivity index (χ4n) is 2.73. The normalized spacial score (nSPS) is 10.8. The fraction of sp³-hybridized carbons (Fsp3) is 0.238. The minimum Gasteiger partial charge on any atom is -0.495 e. The second-order valence-electron chi connectivity index (χ2n) is 6.04. The highest BCUT2D eigenvalue weighted by Crippen LogP contribution is 2.23. The smallest absolute Gasteiger partial charge is 0.238 e. The number of likely N-dealkylation sites (N-methyl/N-ethyl adjacent to an activating group) is 1. The van der Waals surface area contributed by atoms with Crippen molar-refractivity contribution >= 4 is 11.6 Å². The number of anilines is 1. The number of para-hydroxylation sites is 2. The van der Waals surface area contributed by atoms with Gasteiger partial charge in [-0.15, -0.1) is 0 Å². The molecule has 1 aromatic heterocycles. The summed E-state index contributed by atoms with van der Waals surface area (Å²) >= 11 is 0. The maximum Gasteiger partial charge on any atom is 0.238 e. The zero-order valence-electron chi connectivity index (χ0n) is 15.5. The summed E-state index contributed by atoms with van der Waals surface area (Å²) in [6.45, 7) is 3.39. The molecule has 140 valence electrons. The lowest BCUT2D eigenvalue weighted by molar-refractivity contribution is -0.117. The molecule has 6 heteroatoms. The van der Waals surface area contributed by atoms with E-state index in [2.05, 4.69) is 10.3 Å². The molecule has 0 atom stereocenters. The van der Waals surface area contributed by atoms with Crippen LogP contribution in [0.4, 0.5) is 5.69 Å². The average Bonchev–Trinajstić information content (AvgIpc) is 3.17. The molecule has 6 nitrogen and oxygen atoms in total. The standard InChI is InChI=1S/C21H23N3O3/c1-3-24(14-20(25)23-17-11-7-8-12-18(17)26-2)15-21-22-13-19(27-21)16-9-5-4-6-10-16/h4-13H,3,14-15H2,1-2H3,(H,23,25). The van der Waals surface area contributed by atoms with Crippen LogP contribution in [0.2, 0.25) is 0 Å². The molecule has 0 fully saturated rings. The Labute approximate surface area is 158 Å². The SMILES string of the molecule is CCN(CC(=O)Nc1ccccc1OC)Cc1ncc(-c2ccccc2)o1. The van der Waals surface area contributed by atoms with Gasteiger partial charge in [-0.25, -0.2) is 4.98 Å². The van der Waals surface area contributed by atoms with Gasteiger partial charge in [0.2, 0.25) is 11.8 Å². The average molecular weight is 365 g/mol. The topological polar surface area (TPSA) is 67.6 Å². The molecular formula is C21H23N3O3. The van der Waals surface area contributed by atoms with Gasteiger partial charge >= 0.3 is 0 Å². The van der Waals surface area contributed by atoms with Crippen LogP contribution in [0.5, 0.6) is 5.75 Å². The van der Waals surface area contributed by atoms with E-state index in [-0.39, 0.29) is 12.5 Å². The van der Waals surface area contributed by atoms with Crippen LogP contribution < -0.4 is 10.1 Å². The van der Waals surface area contributed by atoms with Gasteiger partial charge in [-0.1, -0.05) is 49.4 Å². The van der Waals surface area contributed by atoms with Crippen molar-refractivity contribution in [2.45, 2.75) is 13.5 Å². The largest absolute Gasteiger partial charge is 0.495 e. The van der Waals surface area contributed by atoms with Crippen molar-refractivity contribution in [1.29, 1.82) is 0 Å². The Hall–Kier alpha value is -3.12. The van der Waals surface area contributed by atoms with Crippen LogP contribution in [0, 0.1) is 0 Å². The number of methoxy groups -OCH3 is 1. The van der Waals surface area contributed by atoms with Crippen molar-refractivity contribution in [2.75, 3.05) is 25.5 Å². The number of carbonyl (C=O) groups is 1. The number of hydrogen-bond donors (Lipinski definition) is 1. The van der Waals surface area contributed by atoms with Gasteiger partial charge in [0.15, 0.2) is 5.76 Å². The van der Waals surface area contributed by atoms with E-state index in [0.717, 1.165) is 11.3 Å². The molecule has 1 amide bonds. The molecule has 3 rings (SSSR count). The monoisotopic (exact) mass is 365 g/mol. The highest BCUT2D eigenvalue weighted by Gasteiger charge is 2.15. The molecule has 27 heavy (non-hydrogen) atoms. The highest BCUT2D eigenvalue weighted by atomic mass is 16.5. The van der Waals surface area contributed by atoms with Crippen molar-refractivity contribution in [2.24, 2.45) is 0 Å². The second-order valence-corrected chi connectivity index (χ2v) is 6.04. The first-order valence-electron chi connectivity index (χ1n) is 8.85. The van der Waals surface area contributed by atoms with E-state index in [1.807, 2.05) is 66.4 Å². The van der Waals surface area contributed by atoms with Gasteiger partial charge in [0.1, 0.15) is 5.75 Å². The Bertz CT molecular complexity index is 877. The molecule has 1 N–H and O–H groups in total. The maximum absolute atomic E-state index is 12.4. The van der Waals surface area contributed by atoms with Crippen LogP contribution in [-0.4, -0.2) is 36.0 Å². The number of nitrogens with one attached hydrogen (secondary N) is 1. The van der Waals surface area contributed by atoms with Crippen LogP contribution in [0.25, 0.3) is 11.3 Å². The van der Waals surface area contributed by atoms with E-state index in [1.165, 1.54) is 0 Å². The molecule has 0 bridgehead atoms. The molecule has 0 aliphatic carbocycles. The fourth-order valence-corrected chi connectivity index (χ4v) is 2.73. The van der Waals surface area contributed by atoms with Gasteiger partial charge in [0.05, 0.1) is 32.1 Å². The predicted molar refractivity (Wildman–Crippen MR) is 105 cm³/mol. The number of oxazole rings is 1. The summed E-state index contributed by atoms with van der Waals surface area (Å²) in [7, 11) is 1.58. The van der Waals surface area contributed by atoms with Crippen LogP contribution >= 0.6 is 0 Å². The van der Waals surface area contributed by atoms with E-state index >= 15 is 0 Å².